The normalized spacial score (nSPS) is 12.8. The number of nitrogens with zero attached hydrogens (tertiary/aromatic N) is 1. The second kappa shape index (κ2) is 8.79. The molecule has 1 unspecified atom stereocenters. The maximum atomic E-state index is 12.0. The molecule has 0 radical (unpaired) electrons. The van der Waals surface area contributed by atoms with Crippen LogP contribution >= 0.6 is 0 Å². The molecule has 6 nitrogen and oxygen atoms in total. The Morgan fingerprint density at radius 1 is 1.30 bits per heavy atom. The first-order valence-electron chi connectivity index (χ1n) is 7.03. The molecule has 0 aromatic carbocycles. The highest BCUT2D eigenvalue weighted by atomic mass is 16.4. The molecule has 2 amide bonds. The fraction of sp³-hybridized carbons (Fsp3) is 0.857. The van der Waals surface area contributed by atoms with Crippen molar-refractivity contribution in [2.75, 3.05) is 27.2 Å². The molecule has 0 aromatic heterocycles. The Bertz CT molecular complexity index is 313. The van der Waals surface area contributed by atoms with Gasteiger partial charge in [-0.1, -0.05) is 20.8 Å². The lowest BCUT2D eigenvalue weighted by molar-refractivity contribution is -0.137. The van der Waals surface area contributed by atoms with Gasteiger partial charge in [0.25, 0.3) is 0 Å². The molecular weight excluding hydrogens is 258 g/mol. The van der Waals surface area contributed by atoms with E-state index in [1.807, 2.05) is 27.8 Å². The zero-order valence-corrected chi connectivity index (χ0v) is 13.3. The van der Waals surface area contributed by atoms with Crippen molar-refractivity contribution >= 4 is 12.0 Å². The lowest BCUT2D eigenvalue weighted by Gasteiger charge is -2.28. The number of aliphatic carboxylic acids is 1. The molecule has 0 aliphatic rings. The molecular formula is C14H29N3O3. The van der Waals surface area contributed by atoms with Gasteiger partial charge in [-0.15, -0.1) is 0 Å². The maximum Gasteiger partial charge on any atom is 0.317 e. The van der Waals surface area contributed by atoms with E-state index in [1.54, 1.807) is 11.9 Å². The van der Waals surface area contributed by atoms with Crippen LogP contribution in [0.3, 0.4) is 0 Å². The van der Waals surface area contributed by atoms with E-state index < -0.39 is 5.97 Å². The molecule has 0 aromatic rings. The maximum absolute atomic E-state index is 12.0. The smallest absolute Gasteiger partial charge is 0.317 e. The minimum absolute atomic E-state index is 0.0297. The largest absolute Gasteiger partial charge is 0.481 e. The first kappa shape index (κ1) is 18.7. The van der Waals surface area contributed by atoms with Crippen LogP contribution in [0.4, 0.5) is 4.79 Å². The van der Waals surface area contributed by atoms with Crippen molar-refractivity contribution in [1.82, 2.24) is 15.5 Å². The minimum Gasteiger partial charge on any atom is -0.481 e. The molecule has 0 rings (SSSR count). The van der Waals surface area contributed by atoms with Gasteiger partial charge in [0.2, 0.25) is 0 Å². The van der Waals surface area contributed by atoms with Crippen LogP contribution in [0.15, 0.2) is 0 Å². The standard InChI is InChI=1S/C14H29N3O3/c1-14(2,3)10-11(9-12(18)19)16-13(20)17(5)8-6-7-15-4/h11,15H,6-10H2,1-5H3,(H,16,20)(H,18,19). The Labute approximate surface area is 121 Å². The van der Waals surface area contributed by atoms with E-state index in [-0.39, 0.29) is 23.9 Å². The molecule has 0 aliphatic carbocycles. The van der Waals surface area contributed by atoms with Crippen LogP contribution in [0.1, 0.15) is 40.0 Å². The van der Waals surface area contributed by atoms with Gasteiger partial charge < -0.3 is 20.6 Å². The lowest BCUT2D eigenvalue weighted by atomic mass is 9.87. The summed E-state index contributed by atoms with van der Waals surface area (Å²) < 4.78 is 0. The Kier molecular flexibility index (Phi) is 8.22. The highest BCUT2D eigenvalue weighted by Crippen LogP contribution is 2.22. The van der Waals surface area contributed by atoms with Crippen molar-refractivity contribution in [3.63, 3.8) is 0 Å². The summed E-state index contributed by atoms with van der Waals surface area (Å²) >= 11 is 0. The molecule has 0 spiro atoms. The Morgan fingerprint density at radius 3 is 2.35 bits per heavy atom. The van der Waals surface area contributed by atoms with E-state index in [4.69, 9.17) is 5.11 Å². The third kappa shape index (κ3) is 9.61. The summed E-state index contributed by atoms with van der Waals surface area (Å²) in [6.45, 7) is 7.58. The van der Waals surface area contributed by atoms with Gasteiger partial charge in [0.05, 0.1) is 6.42 Å². The van der Waals surface area contributed by atoms with Gasteiger partial charge in [0.1, 0.15) is 0 Å². The summed E-state index contributed by atoms with van der Waals surface area (Å²) in [5, 5.41) is 14.8. The lowest BCUT2D eigenvalue weighted by Crippen LogP contribution is -2.45. The summed E-state index contributed by atoms with van der Waals surface area (Å²) in [4.78, 5) is 24.5. The predicted octanol–water partition coefficient (Wildman–Crippen LogP) is 1.52. The van der Waals surface area contributed by atoms with Gasteiger partial charge in [-0.05, 0) is 31.8 Å². The number of hydrogen-bond donors (Lipinski definition) is 3. The number of hydrogen-bond acceptors (Lipinski definition) is 3. The molecule has 20 heavy (non-hydrogen) atoms. The van der Waals surface area contributed by atoms with Gasteiger partial charge in [-0.25, -0.2) is 4.79 Å². The van der Waals surface area contributed by atoms with E-state index in [9.17, 15) is 9.59 Å². The van der Waals surface area contributed by atoms with Crippen molar-refractivity contribution in [3.8, 4) is 0 Å². The third-order valence-corrected chi connectivity index (χ3v) is 2.87. The van der Waals surface area contributed by atoms with Crippen molar-refractivity contribution in [2.24, 2.45) is 5.41 Å². The van der Waals surface area contributed by atoms with Gasteiger partial charge >= 0.3 is 12.0 Å². The first-order chi connectivity index (χ1) is 9.15. The zero-order chi connectivity index (χ0) is 15.8. The molecule has 3 N–H and O–H groups in total. The number of carboxylic acid groups (broad SMARTS) is 1. The summed E-state index contributed by atoms with van der Waals surface area (Å²) in [7, 11) is 3.59. The predicted molar refractivity (Wildman–Crippen MR) is 79.8 cm³/mol. The van der Waals surface area contributed by atoms with Crippen LogP contribution < -0.4 is 10.6 Å². The Morgan fingerprint density at radius 2 is 1.90 bits per heavy atom. The summed E-state index contributed by atoms with van der Waals surface area (Å²) in [5.74, 6) is -0.891. The topological polar surface area (TPSA) is 81.7 Å². The van der Waals surface area contributed by atoms with Crippen LogP contribution in [-0.2, 0) is 4.79 Å². The van der Waals surface area contributed by atoms with Gasteiger partial charge in [-0.3, -0.25) is 4.79 Å². The molecule has 0 fully saturated rings. The molecule has 0 aliphatic heterocycles. The zero-order valence-electron chi connectivity index (χ0n) is 13.3. The van der Waals surface area contributed by atoms with E-state index >= 15 is 0 Å². The molecule has 0 heterocycles. The van der Waals surface area contributed by atoms with Crippen LogP contribution in [0.5, 0.6) is 0 Å². The monoisotopic (exact) mass is 287 g/mol. The van der Waals surface area contributed by atoms with Crippen LogP contribution in [-0.4, -0.2) is 55.2 Å². The Balaban J connectivity index is 4.40. The van der Waals surface area contributed by atoms with Crippen LogP contribution in [0.2, 0.25) is 0 Å². The fourth-order valence-corrected chi connectivity index (χ4v) is 2.00. The van der Waals surface area contributed by atoms with Crippen LogP contribution in [0, 0.1) is 5.41 Å². The third-order valence-electron chi connectivity index (χ3n) is 2.87. The van der Waals surface area contributed by atoms with E-state index in [0.717, 1.165) is 13.0 Å². The number of urea groups is 1. The van der Waals surface area contributed by atoms with Crippen molar-refractivity contribution < 1.29 is 14.7 Å². The SMILES string of the molecule is CNCCCN(C)C(=O)NC(CC(=O)O)CC(C)(C)C. The number of carbonyl (C=O) groups excluding carboxylic acids is 1. The second-order valence-corrected chi connectivity index (χ2v) is 6.39. The van der Waals surface area contributed by atoms with E-state index in [2.05, 4.69) is 10.6 Å². The van der Waals surface area contributed by atoms with E-state index in [1.165, 1.54) is 0 Å². The molecule has 0 saturated heterocycles. The number of amides is 2. The molecule has 118 valence electrons. The summed E-state index contributed by atoms with van der Waals surface area (Å²) in [6, 6.07) is -0.552. The average Bonchev–Trinajstić information content (AvgIpc) is 2.25. The second-order valence-electron chi connectivity index (χ2n) is 6.39. The van der Waals surface area contributed by atoms with Gasteiger partial charge in [0.15, 0.2) is 0 Å². The number of carboxylic acids is 1. The molecule has 0 saturated carbocycles. The van der Waals surface area contributed by atoms with Crippen molar-refractivity contribution in [1.29, 1.82) is 0 Å². The molecule has 1 atom stereocenters. The number of nitrogens with one attached hydrogen (secondary N) is 2. The fourth-order valence-electron chi connectivity index (χ4n) is 2.00. The highest BCUT2D eigenvalue weighted by molar-refractivity contribution is 5.75. The van der Waals surface area contributed by atoms with Crippen LogP contribution in [0.25, 0.3) is 0 Å². The van der Waals surface area contributed by atoms with Gasteiger partial charge in [0, 0.05) is 19.6 Å². The Hall–Kier alpha value is -1.30. The minimum atomic E-state index is -0.891. The highest BCUT2D eigenvalue weighted by Gasteiger charge is 2.23. The quantitative estimate of drug-likeness (QED) is 0.591. The van der Waals surface area contributed by atoms with Crippen molar-refractivity contribution in [3.05, 3.63) is 0 Å². The van der Waals surface area contributed by atoms with Gasteiger partial charge in [-0.2, -0.15) is 0 Å². The first-order valence-corrected chi connectivity index (χ1v) is 7.03. The summed E-state index contributed by atoms with van der Waals surface area (Å²) in [6.07, 6.45) is 1.45. The molecule has 6 heteroatoms. The number of carbonyl (C=O) groups is 2. The average molecular weight is 287 g/mol. The van der Waals surface area contributed by atoms with Crippen molar-refractivity contribution in [2.45, 2.75) is 46.1 Å². The summed E-state index contributed by atoms with van der Waals surface area (Å²) in [5.41, 5.74) is -0.0297. The molecule has 0 bridgehead atoms. The van der Waals surface area contributed by atoms with E-state index in [0.29, 0.717) is 13.0 Å². The number of rotatable bonds is 8.